The lowest BCUT2D eigenvalue weighted by atomic mass is 9.77. The predicted octanol–water partition coefficient (Wildman–Crippen LogP) is 10.5. The number of halogens is 5. The average molecular weight is 573 g/mol. The van der Waals surface area contributed by atoms with Crippen LogP contribution in [0.15, 0.2) is 42.5 Å². The first-order valence-corrected chi connectivity index (χ1v) is 14.7. The number of hydrogen-bond acceptors (Lipinski definition) is 1. The van der Waals surface area contributed by atoms with Gasteiger partial charge in [-0.15, -0.1) is 0 Å². The number of benzene rings is 3. The molecular weight excluding hydrogens is 535 g/mol. The second-order valence-corrected chi connectivity index (χ2v) is 11.4. The SMILES string of the molecule is CCCCCCC[C@H]1CC[C@H](CCc2ccc(-c3cc(F)c(C(=O)O)c(F)c3-c3cc(F)c(F)c(F)c3)cc2)CC1. The van der Waals surface area contributed by atoms with Gasteiger partial charge in [0, 0.05) is 5.56 Å². The predicted molar refractivity (Wildman–Crippen MR) is 151 cm³/mol. The molecule has 0 saturated heterocycles. The normalized spacial score (nSPS) is 17.1. The van der Waals surface area contributed by atoms with Crippen molar-refractivity contribution in [3.63, 3.8) is 0 Å². The standard InChI is InChI=1S/C34H37F5O2/c1-2-3-4-5-6-7-21-8-10-22(11-9-21)12-13-23-14-16-24(17-15-23)26-20-27(35)31(34(40)41)33(39)30(26)25-18-28(36)32(38)29(37)19-25/h14-22H,2-13H2,1H3,(H,40,41)/t21-,22-. The highest BCUT2D eigenvalue weighted by Crippen LogP contribution is 2.39. The molecule has 4 rings (SSSR count). The molecule has 2 nitrogen and oxygen atoms in total. The van der Waals surface area contributed by atoms with E-state index < -0.39 is 51.7 Å². The van der Waals surface area contributed by atoms with Gasteiger partial charge in [-0.2, -0.15) is 0 Å². The van der Waals surface area contributed by atoms with Gasteiger partial charge >= 0.3 is 5.97 Å². The highest BCUT2D eigenvalue weighted by Gasteiger charge is 2.27. The Balaban J connectivity index is 1.46. The number of carboxylic acids is 1. The lowest BCUT2D eigenvalue weighted by Gasteiger charge is -2.28. The molecule has 0 aliphatic heterocycles. The van der Waals surface area contributed by atoms with Gasteiger partial charge in [0.1, 0.15) is 17.2 Å². The molecule has 0 spiro atoms. The first kappa shape index (κ1) is 30.7. The van der Waals surface area contributed by atoms with Crippen LogP contribution in [0.1, 0.15) is 93.5 Å². The molecule has 220 valence electrons. The first-order valence-electron chi connectivity index (χ1n) is 14.7. The van der Waals surface area contributed by atoms with Crippen molar-refractivity contribution in [1.82, 2.24) is 0 Å². The maximum absolute atomic E-state index is 15.4. The Labute approximate surface area is 238 Å². The molecule has 3 aromatic carbocycles. The van der Waals surface area contributed by atoms with E-state index in [0.717, 1.165) is 30.4 Å². The largest absolute Gasteiger partial charge is 0.477 e. The molecule has 0 bridgehead atoms. The molecule has 1 fully saturated rings. The Morgan fingerprint density at radius 1 is 0.732 bits per heavy atom. The molecule has 0 atom stereocenters. The quantitative estimate of drug-likeness (QED) is 0.133. The minimum Gasteiger partial charge on any atom is -0.477 e. The number of carbonyl (C=O) groups is 1. The van der Waals surface area contributed by atoms with Gasteiger partial charge in [0.25, 0.3) is 0 Å². The Hall–Kier alpha value is -3.22. The third kappa shape index (κ3) is 7.55. The highest BCUT2D eigenvalue weighted by molar-refractivity contribution is 5.94. The van der Waals surface area contributed by atoms with Crippen LogP contribution in [0.2, 0.25) is 0 Å². The topological polar surface area (TPSA) is 37.3 Å². The molecule has 0 aromatic heterocycles. The minimum absolute atomic E-state index is 0.0880. The summed E-state index contributed by atoms with van der Waals surface area (Å²) in [6.45, 7) is 2.23. The van der Waals surface area contributed by atoms with E-state index in [-0.39, 0.29) is 5.56 Å². The molecule has 1 aliphatic rings. The summed E-state index contributed by atoms with van der Waals surface area (Å²) >= 11 is 0. The van der Waals surface area contributed by atoms with E-state index in [1.165, 1.54) is 64.2 Å². The molecule has 0 radical (unpaired) electrons. The number of aromatic carboxylic acids is 1. The van der Waals surface area contributed by atoms with Crippen molar-refractivity contribution in [3.8, 4) is 22.3 Å². The van der Waals surface area contributed by atoms with Gasteiger partial charge in [0.15, 0.2) is 17.5 Å². The van der Waals surface area contributed by atoms with Crippen LogP contribution in [0, 0.1) is 40.9 Å². The lowest BCUT2D eigenvalue weighted by Crippen LogP contribution is -2.15. The van der Waals surface area contributed by atoms with E-state index >= 15 is 4.39 Å². The monoisotopic (exact) mass is 572 g/mol. The van der Waals surface area contributed by atoms with Crippen LogP contribution in [-0.4, -0.2) is 11.1 Å². The van der Waals surface area contributed by atoms with Crippen LogP contribution < -0.4 is 0 Å². The van der Waals surface area contributed by atoms with Gasteiger partial charge < -0.3 is 5.11 Å². The number of hydrogen-bond donors (Lipinski definition) is 1. The Kier molecular flexibility index (Phi) is 10.6. The zero-order valence-corrected chi connectivity index (χ0v) is 23.4. The zero-order valence-electron chi connectivity index (χ0n) is 23.4. The van der Waals surface area contributed by atoms with Gasteiger partial charge in [-0.1, -0.05) is 95.4 Å². The van der Waals surface area contributed by atoms with Crippen molar-refractivity contribution in [2.24, 2.45) is 11.8 Å². The number of unbranched alkanes of at least 4 members (excludes halogenated alkanes) is 4. The van der Waals surface area contributed by atoms with Crippen molar-refractivity contribution in [1.29, 1.82) is 0 Å². The Morgan fingerprint density at radius 3 is 1.90 bits per heavy atom. The maximum atomic E-state index is 15.4. The fourth-order valence-corrected chi connectivity index (χ4v) is 6.09. The van der Waals surface area contributed by atoms with Gasteiger partial charge in [0.2, 0.25) is 0 Å². The van der Waals surface area contributed by atoms with Gasteiger partial charge in [-0.25, -0.2) is 26.7 Å². The maximum Gasteiger partial charge on any atom is 0.341 e. The fraction of sp³-hybridized carbons (Fsp3) is 0.441. The molecule has 0 heterocycles. The molecule has 1 N–H and O–H groups in total. The molecule has 41 heavy (non-hydrogen) atoms. The summed E-state index contributed by atoms with van der Waals surface area (Å²) < 4.78 is 71.7. The molecule has 1 saturated carbocycles. The van der Waals surface area contributed by atoms with Crippen LogP contribution >= 0.6 is 0 Å². The van der Waals surface area contributed by atoms with Crippen molar-refractivity contribution in [3.05, 3.63) is 82.7 Å². The second kappa shape index (κ2) is 14.1. The van der Waals surface area contributed by atoms with E-state index in [0.29, 0.717) is 23.6 Å². The van der Waals surface area contributed by atoms with Gasteiger partial charge in [0.05, 0.1) is 0 Å². The van der Waals surface area contributed by atoms with E-state index in [1.807, 2.05) is 12.1 Å². The van der Waals surface area contributed by atoms with Crippen LogP contribution in [0.4, 0.5) is 22.0 Å². The fourth-order valence-electron chi connectivity index (χ4n) is 6.09. The Bertz CT molecular complexity index is 1320. The lowest BCUT2D eigenvalue weighted by molar-refractivity contribution is 0.0686. The highest BCUT2D eigenvalue weighted by atomic mass is 19.2. The molecule has 7 heteroatoms. The average Bonchev–Trinajstić information content (AvgIpc) is 2.95. The summed E-state index contributed by atoms with van der Waals surface area (Å²) in [5.74, 6) is -8.03. The molecule has 3 aromatic rings. The van der Waals surface area contributed by atoms with E-state index in [2.05, 4.69) is 6.92 Å². The first-order chi connectivity index (χ1) is 19.7. The van der Waals surface area contributed by atoms with Crippen molar-refractivity contribution < 1.29 is 31.9 Å². The minimum atomic E-state index is -1.87. The van der Waals surface area contributed by atoms with E-state index in [4.69, 9.17) is 0 Å². The summed E-state index contributed by atoms with van der Waals surface area (Å²) in [7, 11) is 0. The van der Waals surface area contributed by atoms with Crippen molar-refractivity contribution >= 4 is 5.97 Å². The van der Waals surface area contributed by atoms with Crippen molar-refractivity contribution in [2.45, 2.75) is 84.0 Å². The third-order valence-corrected chi connectivity index (χ3v) is 8.49. The van der Waals surface area contributed by atoms with Crippen LogP contribution in [0.25, 0.3) is 22.3 Å². The van der Waals surface area contributed by atoms with Gasteiger partial charge in [-0.3, -0.25) is 0 Å². The molecule has 1 aliphatic carbocycles. The summed E-state index contributed by atoms with van der Waals surface area (Å²) in [4.78, 5) is 11.5. The van der Waals surface area contributed by atoms with E-state index in [1.54, 1.807) is 12.1 Å². The zero-order chi connectivity index (χ0) is 29.5. The van der Waals surface area contributed by atoms with Crippen LogP contribution in [0.5, 0.6) is 0 Å². The molecule has 0 amide bonds. The van der Waals surface area contributed by atoms with Crippen molar-refractivity contribution in [2.75, 3.05) is 0 Å². The van der Waals surface area contributed by atoms with Gasteiger partial charge in [-0.05, 0) is 65.1 Å². The summed E-state index contributed by atoms with van der Waals surface area (Å²) in [5.41, 5.74) is -0.904. The van der Waals surface area contributed by atoms with Crippen LogP contribution in [-0.2, 0) is 6.42 Å². The van der Waals surface area contributed by atoms with E-state index in [9.17, 15) is 27.5 Å². The molecular formula is C34H37F5O2. The summed E-state index contributed by atoms with van der Waals surface area (Å²) in [6, 6.07) is 8.96. The number of rotatable bonds is 12. The Morgan fingerprint density at radius 2 is 1.32 bits per heavy atom. The second-order valence-electron chi connectivity index (χ2n) is 11.4. The molecule has 0 unspecified atom stereocenters. The third-order valence-electron chi connectivity index (χ3n) is 8.49. The smallest absolute Gasteiger partial charge is 0.341 e. The number of aryl methyl sites for hydroxylation is 1. The summed E-state index contributed by atoms with van der Waals surface area (Å²) in [6.07, 6.45) is 14.9. The summed E-state index contributed by atoms with van der Waals surface area (Å²) in [5, 5.41) is 9.33. The number of carboxylic acid groups (broad SMARTS) is 1. The van der Waals surface area contributed by atoms with Crippen LogP contribution in [0.3, 0.4) is 0 Å².